The maximum atomic E-state index is 12.9. The highest BCUT2D eigenvalue weighted by molar-refractivity contribution is 6.04. The molecule has 0 radical (unpaired) electrons. The van der Waals surface area contributed by atoms with Gasteiger partial charge in [0.15, 0.2) is 11.4 Å². The number of imidazole rings is 1. The summed E-state index contributed by atoms with van der Waals surface area (Å²) in [6.45, 7) is 3.44. The molecular formula is C19H26N6O2. The van der Waals surface area contributed by atoms with Crippen molar-refractivity contribution in [1.29, 1.82) is 0 Å². The molecule has 1 saturated heterocycles. The lowest BCUT2D eigenvalue weighted by Gasteiger charge is -2.26. The zero-order valence-electron chi connectivity index (χ0n) is 15.9. The minimum absolute atomic E-state index is 0.0726. The van der Waals surface area contributed by atoms with E-state index >= 15 is 0 Å². The number of nitrogens with zero attached hydrogens (tertiary/aromatic N) is 5. The van der Waals surface area contributed by atoms with E-state index in [1.54, 1.807) is 11.1 Å². The highest BCUT2D eigenvalue weighted by Crippen LogP contribution is 2.18. The molecule has 1 N–H and O–H groups in total. The fourth-order valence-electron chi connectivity index (χ4n) is 3.40. The minimum atomic E-state index is -0.398. The second-order valence-electron chi connectivity index (χ2n) is 6.82. The van der Waals surface area contributed by atoms with Crippen molar-refractivity contribution in [3.8, 4) is 0 Å². The van der Waals surface area contributed by atoms with Gasteiger partial charge < -0.3 is 14.8 Å². The van der Waals surface area contributed by atoms with Crippen molar-refractivity contribution in [3.05, 3.63) is 42.0 Å². The van der Waals surface area contributed by atoms with Crippen LogP contribution < -0.4 is 5.32 Å². The van der Waals surface area contributed by atoms with E-state index in [1.807, 2.05) is 17.8 Å². The van der Waals surface area contributed by atoms with Gasteiger partial charge in [0.25, 0.3) is 11.8 Å². The largest absolute Gasteiger partial charge is 0.341 e. The van der Waals surface area contributed by atoms with Crippen LogP contribution >= 0.6 is 0 Å². The summed E-state index contributed by atoms with van der Waals surface area (Å²) in [6, 6.07) is -0.248. The van der Waals surface area contributed by atoms with Crippen molar-refractivity contribution >= 4 is 11.8 Å². The third-order valence-corrected chi connectivity index (χ3v) is 4.81. The molecule has 1 aliphatic rings. The highest BCUT2D eigenvalue weighted by Gasteiger charge is 2.27. The molecule has 1 fully saturated rings. The Labute approximate surface area is 159 Å². The second-order valence-corrected chi connectivity index (χ2v) is 6.82. The number of amides is 2. The van der Waals surface area contributed by atoms with Crippen LogP contribution in [0.1, 0.15) is 71.9 Å². The van der Waals surface area contributed by atoms with Crippen molar-refractivity contribution in [2.45, 2.75) is 45.1 Å². The molecule has 27 heavy (non-hydrogen) atoms. The number of nitrogens with one attached hydrogen (secondary N) is 1. The Balaban J connectivity index is 1.82. The Kier molecular flexibility index (Phi) is 6.16. The summed E-state index contributed by atoms with van der Waals surface area (Å²) >= 11 is 0. The fraction of sp³-hybridized carbons (Fsp3) is 0.526. The van der Waals surface area contributed by atoms with E-state index < -0.39 is 5.91 Å². The zero-order chi connectivity index (χ0) is 19.2. The Morgan fingerprint density at radius 2 is 1.78 bits per heavy atom. The summed E-state index contributed by atoms with van der Waals surface area (Å²) in [7, 11) is 1.89. The van der Waals surface area contributed by atoms with Gasteiger partial charge in [-0.2, -0.15) is 0 Å². The van der Waals surface area contributed by atoms with Gasteiger partial charge in [-0.15, -0.1) is 0 Å². The van der Waals surface area contributed by atoms with Gasteiger partial charge in [0.2, 0.25) is 0 Å². The van der Waals surface area contributed by atoms with Crippen LogP contribution in [0.4, 0.5) is 0 Å². The first-order valence-electron chi connectivity index (χ1n) is 9.50. The topological polar surface area (TPSA) is 93.0 Å². The Bertz CT molecular complexity index is 797. The predicted octanol–water partition coefficient (Wildman–Crippen LogP) is 2.11. The van der Waals surface area contributed by atoms with Crippen LogP contribution in [0.5, 0.6) is 0 Å². The summed E-state index contributed by atoms with van der Waals surface area (Å²) in [6.07, 6.45) is 11.2. The molecule has 0 bridgehead atoms. The summed E-state index contributed by atoms with van der Waals surface area (Å²) < 4.78 is 1.89. The molecule has 3 heterocycles. The van der Waals surface area contributed by atoms with Crippen molar-refractivity contribution in [2.75, 3.05) is 13.1 Å². The quantitative estimate of drug-likeness (QED) is 0.841. The second kappa shape index (κ2) is 8.75. The third-order valence-electron chi connectivity index (χ3n) is 4.81. The van der Waals surface area contributed by atoms with Crippen LogP contribution in [0.15, 0.2) is 24.8 Å². The maximum Gasteiger partial charge on any atom is 0.274 e. The SMILES string of the molecule is CCC[C@H](NC(=O)c1nccnc1C(=O)N1CCCCC1)c1nccn1C. The standard InChI is InChI=1S/C19H26N6O2/c1-3-7-14(17-22-10-13-24(17)2)23-18(26)15-16(21-9-8-20-15)19(27)25-11-5-4-6-12-25/h8-10,13-14H,3-7,11-12H2,1-2H3,(H,23,26)/t14-/m0/s1. The molecule has 0 spiro atoms. The third kappa shape index (κ3) is 4.32. The Hall–Kier alpha value is -2.77. The van der Waals surface area contributed by atoms with Gasteiger partial charge in [-0.05, 0) is 25.7 Å². The maximum absolute atomic E-state index is 12.9. The van der Waals surface area contributed by atoms with Crippen LogP contribution in [0.25, 0.3) is 0 Å². The fourth-order valence-corrected chi connectivity index (χ4v) is 3.40. The van der Waals surface area contributed by atoms with E-state index in [-0.39, 0.29) is 23.3 Å². The van der Waals surface area contributed by atoms with E-state index in [0.29, 0.717) is 13.1 Å². The van der Waals surface area contributed by atoms with Gasteiger partial charge >= 0.3 is 0 Å². The van der Waals surface area contributed by atoms with Gasteiger partial charge in [0.1, 0.15) is 5.82 Å². The van der Waals surface area contributed by atoms with Gasteiger partial charge in [-0.1, -0.05) is 13.3 Å². The lowest BCUT2D eigenvalue weighted by Crippen LogP contribution is -2.38. The zero-order valence-corrected chi connectivity index (χ0v) is 15.9. The van der Waals surface area contributed by atoms with Crippen molar-refractivity contribution in [2.24, 2.45) is 7.05 Å². The molecule has 0 saturated carbocycles. The lowest BCUT2D eigenvalue weighted by atomic mass is 10.1. The van der Waals surface area contributed by atoms with Crippen molar-refractivity contribution in [3.63, 3.8) is 0 Å². The summed E-state index contributed by atoms with van der Waals surface area (Å²) in [4.78, 5) is 40.2. The molecule has 1 atom stereocenters. The van der Waals surface area contributed by atoms with Gasteiger partial charge in [0.05, 0.1) is 6.04 Å². The first-order chi connectivity index (χ1) is 13.1. The first kappa shape index (κ1) is 19.0. The molecule has 8 heteroatoms. The normalized spacial score (nSPS) is 15.4. The molecule has 2 amide bonds. The number of aromatic nitrogens is 4. The summed E-state index contributed by atoms with van der Waals surface area (Å²) in [5.74, 6) is 0.153. The molecule has 1 aliphatic heterocycles. The average molecular weight is 370 g/mol. The number of hydrogen-bond donors (Lipinski definition) is 1. The number of carbonyl (C=O) groups is 2. The number of piperidine rings is 1. The lowest BCUT2D eigenvalue weighted by molar-refractivity contribution is 0.0710. The monoisotopic (exact) mass is 370 g/mol. The molecule has 2 aromatic heterocycles. The Morgan fingerprint density at radius 1 is 1.07 bits per heavy atom. The van der Waals surface area contributed by atoms with E-state index in [4.69, 9.17) is 0 Å². The van der Waals surface area contributed by atoms with E-state index in [9.17, 15) is 9.59 Å². The molecule has 3 rings (SSSR count). The van der Waals surface area contributed by atoms with Crippen LogP contribution in [0.2, 0.25) is 0 Å². The van der Waals surface area contributed by atoms with Crippen LogP contribution in [0, 0.1) is 0 Å². The number of hydrogen-bond acceptors (Lipinski definition) is 5. The molecule has 0 aliphatic carbocycles. The molecular weight excluding hydrogens is 344 g/mol. The molecule has 144 valence electrons. The van der Waals surface area contributed by atoms with Crippen LogP contribution in [-0.4, -0.2) is 49.3 Å². The molecule has 0 unspecified atom stereocenters. The van der Waals surface area contributed by atoms with Crippen LogP contribution in [0.3, 0.4) is 0 Å². The number of aryl methyl sites for hydroxylation is 1. The number of rotatable bonds is 6. The summed E-state index contributed by atoms with van der Waals surface area (Å²) in [5.41, 5.74) is 0.190. The molecule has 8 nitrogen and oxygen atoms in total. The highest BCUT2D eigenvalue weighted by atomic mass is 16.2. The van der Waals surface area contributed by atoms with Crippen LogP contribution in [-0.2, 0) is 7.05 Å². The molecule has 2 aromatic rings. The van der Waals surface area contributed by atoms with Crippen molar-refractivity contribution in [1.82, 2.24) is 29.7 Å². The van der Waals surface area contributed by atoms with Gasteiger partial charge in [0, 0.05) is 44.9 Å². The first-order valence-corrected chi connectivity index (χ1v) is 9.50. The van der Waals surface area contributed by atoms with E-state index in [0.717, 1.165) is 37.9 Å². The summed E-state index contributed by atoms with van der Waals surface area (Å²) in [5, 5.41) is 2.98. The van der Waals surface area contributed by atoms with Gasteiger partial charge in [-0.3, -0.25) is 9.59 Å². The van der Waals surface area contributed by atoms with Gasteiger partial charge in [-0.25, -0.2) is 15.0 Å². The smallest absolute Gasteiger partial charge is 0.274 e. The van der Waals surface area contributed by atoms with E-state index in [2.05, 4.69) is 27.2 Å². The number of likely N-dealkylation sites (tertiary alicyclic amines) is 1. The Morgan fingerprint density at radius 3 is 2.41 bits per heavy atom. The average Bonchev–Trinajstić information content (AvgIpc) is 3.13. The molecule has 0 aromatic carbocycles. The predicted molar refractivity (Wildman–Crippen MR) is 100 cm³/mol. The minimum Gasteiger partial charge on any atom is -0.341 e. The van der Waals surface area contributed by atoms with Crippen molar-refractivity contribution < 1.29 is 9.59 Å². The van der Waals surface area contributed by atoms with E-state index in [1.165, 1.54) is 12.4 Å². The number of carbonyl (C=O) groups excluding carboxylic acids is 2.